The fraction of sp³-hybridized carbons (Fsp3) is 0.208. The molecular formula is C24H20BrF3N2O4. The average Bonchev–Trinajstić information content (AvgIpc) is 2.76. The van der Waals surface area contributed by atoms with Crippen molar-refractivity contribution in [1.82, 2.24) is 0 Å². The molecule has 0 heterocycles. The van der Waals surface area contributed by atoms with Gasteiger partial charge in [0.25, 0.3) is 0 Å². The van der Waals surface area contributed by atoms with Crippen LogP contribution in [0.3, 0.4) is 0 Å². The minimum atomic E-state index is -4.73. The maximum absolute atomic E-state index is 13.0. The van der Waals surface area contributed by atoms with Crippen LogP contribution in [0.25, 0.3) is 0 Å². The van der Waals surface area contributed by atoms with Crippen molar-refractivity contribution >= 4 is 33.5 Å². The second-order valence-corrected chi connectivity index (χ2v) is 8.13. The van der Waals surface area contributed by atoms with Gasteiger partial charge in [0.05, 0.1) is 27.3 Å². The van der Waals surface area contributed by atoms with E-state index in [4.69, 9.17) is 9.47 Å². The number of hydrogen-bond acceptors (Lipinski definition) is 5. The summed E-state index contributed by atoms with van der Waals surface area (Å²) in [6.07, 6.45) is -3.09. The summed E-state index contributed by atoms with van der Waals surface area (Å²) < 4.78 is 50.7. The highest BCUT2D eigenvalue weighted by Gasteiger charge is 2.33. The predicted molar refractivity (Wildman–Crippen MR) is 127 cm³/mol. The van der Waals surface area contributed by atoms with Gasteiger partial charge in [-0.15, -0.1) is 0 Å². The van der Waals surface area contributed by atoms with Gasteiger partial charge in [-0.2, -0.15) is 13.2 Å². The van der Waals surface area contributed by atoms with Crippen LogP contribution in [-0.4, -0.2) is 17.7 Å². The molecule has 0 bridgehead atoms. The number of aryl methyl sites for hydroxylation is 1. The number of nitro benzene ring substituents is 1. The van der Waals surface area contributed by atoms with Crippen LogP contribution in [0.15, 0.2) is 58.0 Å². The normalized spacial score (nSPS) is 11.6. The van der Waals surface area contributed by atoms with Crippen LogP contribution in [-0.2, 0) is 6.18 Å². The molecule has 0 saturated heterocycles. The van der Waals surface area contributed by atoms with E-state index in [0.29, 0.717) is 16.1 Å². The Balaban J connectivity index is 2.01. The standard InChI is InChI=1S/C24H20BrF3N2O4/c1-4-33-22-11-16(13-29-19-7-5-6-14(2)15(19)3)10-18(25)23(22)34-21-9-8-17(24(26,27)28)12-20(21)30(31)32/h5-13H,4H2,1-3H3. The molecule has 3 aromatic rings. The highest BCUT2D eigenvalue weighted by atomic mass is 79.9. The molecule has 0 aliphatic carbocycles. The molecule has 10 heteroatoms. The first kappa shape index (κ1) is 25.2. The fourth-order valence-corrected chi connectivity index (χ4v) is 3.62. The monoisotopic (exact) mass is 536 g/mol. The third-order valence-corrected chi connectivity index (χ3v) is 5.54. The highest BCUT2D eigenvalue weighted by Crippen LogP contribution is 2.43. The molecule has 0 fully saturated rings. The molecule has 0 N–H and O–H groups in total. The quantitative estimate of drug-likeness (QED) is 0.174. The number of rotatable bonds is 7. The molecule has 3 rings (SSSR count). The molecule has 6 nitrogen and oxygen atoms in total. The van der Waals surface area contributed by atoms with Gasteiger partial charge >= 0.3 is 11.9 Å². The zero-order valence-corrected chi connectivity index (χ0v) is 20.0. The van der Waals surface area contributed by atoms with Crippen LogP contribution in [0.4, 0.5) is 24.5 Å². The van der Waals surface area contributed by atoms with E-state index in [0.717, 1.165) is 28.9 Å². The lowest BCUT2D eigenvalue weighted by Gasteiger charge is -2.15. The largest absolute Gasteiger partial charge is 0.490 e. The number of benzene rings is 3. The third-order valence-electron chi connectivity index (χ3n) is 4.96. The lowest BCUT2D eigenvalue weighted by Crippen LogP contribution is -2.06. The molecule has 0 aromatic heterocycles. The summed E-state index contributed by atoms with van der Waals surface area (Å²) in [5, 5.41) is 11.4. The number of alkyl halides is 3. The summed E-state index contributed by atoms with van der Waals surface area (Å²) in [7, 11) is 0. The van der Waals surface area contributed by atoms with E-state index in [1.165, 1.54) is 0 Å². The number of halogens is 4. The molecule has 0 unspecified atom stereocenters. The Labute approximate surface area is 202 Å². The van der Waals surface area contributed by atoms with Gasteiger partial charge in [0.2, 0.25) is 5.75 Å². The van der Waals surface area contributed by atoms with E-state index in [-0.39, 0.29) is 23.9 Å². The van der Waals surface area contributed by atoms with Crippen molar-refractivity contribution < 1.29 is 27.6 Å². The number of nitro groups is 1. The summed E-state index contributed by atoms with van der Waals surface area (Å²) in [5.74, 6) is -0.0152. The fourth-order valence-electron chi connectivity index (χ4n) is 3.08. The van der Waals surface area contributed by atoms with Crippen LogP contribution >= 0.6 is 15.9 Å². The minimum Gasteiger partial charge on any atom is -0.490 e. The van der Waals surface area contributed by atoms with Gasteiger partial charge in [-0.25, -0.2) is 0 Å². The van der Waals surface area contributed by atoms with Crippen molar-refractivity contribution in [2.75, 3.05) is 6.61 Å². The molecule has 0 radical (unpaired) electrons. The molecule has 0 aliphatic heterocycles. The maximum Gasteiger partial charge on any atom is 0.416 e. The Bertz CT molecular complexity index is 1260. The van der Waals surface area contributed by atoms with E-state index in [1.54, 1.807) is 25.3 Å². The molecule has 0 saturated carbocycles. The molecule has 3 aromatic carbocycles. The van der Waals surface area contributed by atoms with E-state index >= 15 is 0 Å². The first-order valence-electron chi connectivity index (χ1n) is 10.1. The van der Waals surface area contributed by atoms with Crippen LogP contribution in [0.1, 0.15) is 29.2 Å². The van der Waals surface area contributed by atoms with E-state index in [1.807, 2.05) is 32.0 Å². The van der Waals surface area contributed by atoms with Crippen molar-refractivity contribution in [3.63, 3.8) is 0 Å². The highest BCUT2D eigenvalue weighted by molar-refractivity contribution is 9.10. The molecule has 0 aliphatic rings. The Kier molecular flexibility index (Phi) is 7.61. The lowest BCUT2D eigenvalue weighted by molar-refractivity contribution is -0.385. The van der Waals surface area contributed by atoms with E-state index in [9.17, 15) is 23.3 Å². The lowest BCUT2D eigenvalue weighted by atomic mass is 10.1. The topological polar surface area (TPSA) is 74.0 Å². The second-order valence-electron chi connectivity index (χ2n) is 7.28. The first-order chi connectivity index (χ1) is 16.0. The predicted octanol–water partition coefficient (Wildman–Crippen LogP) is 7.93. The molecule has 0 atom stereocenters. The van der Waals surface area contributed by atoms with E-state index in [2.05, 4.69) is 20.9 Å². The van der Waals surface area contributed by atoms with Crippen molar-refractivity contribution in [1.29, 1.82) is 0 Å². The second kappa shape index (κ2) is 10.3. The Hall–Kier alpha value is -3.40. The van der Waals surface area contributed by atoms with Crippen LogP contribution in [0.5, 0.6) is 17.2 Å². The SMILES string of the molecule is CCOc1cc(C=Nc2cccc(C)c2C)cc(Br)c1Oc1ccc(C(F)(F)F)cc1[N+](=O)[O-]. The number of aliphatic imine (C=N–C) groups is 1. The smallest absolute Gasteiger partial charge is 0.416 e. The summed E-state index contributed by atoms with van der Waals surface area (Å²) >= 11 is 3.37. The number of ether oxygens (including phenoxy) is 2. The number of nitrogens with zero attached hydrogens (tertiary/aromatic N) is 2. The maximum atomic E-state index is 13.0. The van der Waals surface area contributed by atoms with E-state index < -0.39 is 22.4 Å². The molecule has 34 heavy (non-hydrogen) atoms. The third kappa shape index (κ3) is 5.74. The van der Waals surface area contributed by atoms with Crippen LogP contribution in [0, 0.1) is 24.0 Å². The molecule has 0 spiro atoms. The van der Waals surface area contributed by atoms with Crippen molar-refractivity contribution in [3.8, 4) is 17.2 Å². The minimum absolute atomic E-state index is 0.0913. The van der Waals surface area contributed by atoms with Crippen LogP contribution in [0.2, 0.25) is 0 Å². The Morgan fingerprint density at radius 1 is 1.12 bits per heavy atom. The zero-order chi connectivity index (χ0) is 25.0. The van der Waals surface area contributed by atoms with Gasteiger partial charge in [-0.1, -0.05) is 12.1 Å². The summed E-state index contributed by atoms with van der Waals surface area (Å²) in [5.41, 5.74) is 1.64. The zero-order valence-electron chi connectivity index (χ0n) is 18.4. The summed E-state index contributed by atoms with van der Waals surface area (Å²) in [6, 6.07) is 11.2. The molecular weight excluding hydrogens is 517 g/mol. The van der Waals surface area contributed by atoms with Crippen molar-refractivity contribution in [2.24, 2.45) is 4.99 Å². The van der Waals surface area contributed by atoms with Crippen molar-refractivity contribution in [3.05, 3.63) is 85.4 Å². The summed E-state index contributed by atoms with van der Waals surface area (Å²) in [6.45, 7) is 5.97. The Morgan fingerprint density at radius 3 is 2.50 bits per heavy atom. The van der Waals surface area contributed by atoms with Crippen LogP contribution < -0.4 is 9.47 Å². The van der Waals surface area contributed by atoms with Gasteiger partial charge in [0.15, 0.2) is 11.5 Å². The van der Waals surface area contributed by atoms with Gasteiger partial charge in [-0.3, -0.25) is 15.1 Å². The van der Waals surface area contributed by atoms with Gasteiger partial charge in [0, 0.05) is 12.3 Å². The Morgan fingerprint density at radius 2 is 1.85 bits per heavy atom. The molecule has 0 amide bonds. The van der Waals surface area contributed by atoms with Gasteiger partial charge in [-0.05, 0) is 83.7 Å². The summed E-state index contributed by atoms with van der Waals surface area (Å²) in [4.78, 5) is 15.0. The molecule has 178 valence electrons. The van der Waals surface area contributed by atoms with Gasteiger partial charge < -0.3 is 9.47 Å². The van der Waals surface area contributed by atoms with Crippen molar-refractivity contribution in [2.45, 2.75) is 26.9 Å². The average molecular weight is 537 g/mol. The first-order valence-corrected chi connectivity index (χ1v) is 10.9. The number of hydrogen-bond donors (Lipinski definition) is 0. The van der Waals surface area contributed by atoms with Gasteiger partial charge in [0.1, 0.15) is 0 Å².